The smallest absolute Gasteiger partial charge is 0.342 e. The molecule has 0 aliphatic heterocycles. The summed E-state index contributed by atoms with van der Waals surface area (Å²) in [5.74, 6) is 0.280. The van der Waals surface area contributed by atoms with Gasteiger partial charge in [0.1, 0.15) is 11.3 Å². The molecule has 3 heteroatoms. The van der Waals surface area contributed by atoms with Crippen LogP contribution in [0.2, 0.25) is 0 Å². The fourth-order valence-corrected chi connectivity index (χ4v) is 1.77. The van der Waals surface area contributed by atoms with Crippen LogP contribution in [0.15, 0.2) is 18.2 Å². The van der Waals surface area contributed by atoms with Gasteiger partial charge in [0, 0.05) is 0 Å². The third-order valence-corrected chi connectivity index (χ3v) is 2.87. The Morgan fingerprint density at radius 3 is 2.40 bits per heavy atom. The van der Waals surface area contributed by atoms with Crippen molar-refractivity contribution in [3.63, 3.8) is 0 Å². The standard InChI is InChI=1S/C17H26O3/c1-7-10-19-15-9-8-13(17(4,5)6)11-14(15)16(18)20-12(2)3/h8-9,11-12H,7,10H2,1-6H3. The summed E-state index contributed by atoms with van der Waals surface area (Å²) in [4.78, 5) is 12.2. The molecule has 0 unspecified atom stereocenters. The van der Waals surface area contributed by atoms with Crippen LogP contribution in [0.25, 0.3) is 0 Å². The summed E-state index contributed by atoms with van der Waals surface area (Å²) in [6.45, 7) is 12.7. The van der Waals surface area contributed by atoms with Crippen LogP contribution in [0.1, 0.15) is 63.9 Å². The monoisotopic (exact) mass is 278 g/mol. The molecule has 0 amide bonds. The number of carbonyl (C=O) groups is 1. The average molecular weight is 278 g/mol. The molecule has 20 heavy (non-hydrogen) atoms. The van der Waals surface area contributed by atoms with Crippen molar-refractivity contribution in [2.45, 2.75) is 59.5 Å². The summed E-state index contributed by atoms with van der Waals surface area (Å²) in [5.41, 5.74) is 1.59. The van der Waals surface area contributed by atoms with Crippen molar-refractivity contribution < 1.29 is 14.3 Å². The first kappa shape index (κ1) is 16.5. The van der Waals surface area contributed by atoms with E-state index in [1.54, 1.807) is 0 Å². The molecule has 1 aromatic carbocycles. The van der Waals surface area contributed by atoms with Crippen LogP contribution >= 0.6 is 0 Å². The molecule has 0 saturated carbocycles. The maximum Gasteiger partial charge on any atom is 0.342 e. The first-order chi connectivity index (χ1) is 9.25. The van der Waals surface area contributed by atoms with Gasteiger partial charge in [-0.05, 0) is 43.4 Å². The molecule has 0 aliphatic rings. The topological polar surface area (TPSA) is 35.5 Å². The Bertz CT molecular complexity index is 456. The van der Waals surface area contributed by atoms with Gasteiger partial charge in [0.05, 0.1) is 12.7 Å². The summed E-state index contributed by atoms with van der Waals surface area (Å²) in [6, 6.07) is 5.76. The van der Waals surface area contributed by atoms with Crippen LogP contribution in [-0.4, -0.2) is 18.7 Å². The molecule has 3 nitrogen and oxygen atoms in total. The number of hydrogen-bond donors (Lipinski definition) is 0. The second-order valence-electron chi connectivity index (χ2n) is 6.26. The van der Waals surface area contributed by atoms with Gasteiger partial charge in [-0.25, -0.2) is 4.79 Å². The summed E-state index contributed by atoms with van der Waals surface area (Å²) >= 11 is 0. The largest absolute Gasteiger partial charge is 0.493 e. The van der Waals surface area contributed by atoms with Crippen molar-refractivity contribution in [1.82, 2.24) is 0 Å². The van der Waals surface area contributed by atoms with Gasteiger partial charge in [0.25, 0.3) is 0 Å². The van der Waals surface area contributed by atoms with Gasteiger partial charge in [-0.2, -0.15) is 0 Å². The lowest BCUT2D eigenvalue weighted by Crippen LogP contribution is -2.16. The molecular weight excluding hydrogens is 252 g/mol. The molecule has 0 saturated heterocycles. The molecular formula is C17H26O3. The van der Waals surface area contributed by atoms with Gasteiger partial charge in [-0.1, -0.05) is 33.8 Å². The third kappa shape index (κ3) is 4.55. The Morgan fingerprint density at radius 1 is 1.25 bits per heavy atom. The fourth-order valence-electron chi connectivity index (χ4n) is 1.77. The van der Waals surface area contributed by atoms with E-state index in [1.807, 2.05) is 39.0 Å². The van der Waals surface area contributed by atoms with Crippen molar-refractivity contribution in [2.24, 2.45) is 0 Å². The third-order valence-electron chi connectivity index (χ3n) is 2.87. The van der Waals surface area contributed by atoms with Crippen molar-refractivity contribution in [3.8, 4) is 5.75 Å². The zero-order chi connectivity index (χ0) is 15.3. The number of benzene rings is 1. The Hall–Kier alpha value is -1.51. The van der Waals surface area contributed by atoms with Crippen LogP contribution in [0, 0.1) is 0 Å². The lowest BCUT2D eigenvalue weighted by atomic mass is 9.86. The first-order valence-corrected chi connectivity index (χ1v) is 7.24. The van der Waals surface area contributed by atoms with E-state index in [-0.39, 0.29) is 17.5 Å². The number of rotatable bonds is 5. The molecule has 0 aliphatic carbocycles. The van der Waals surface area contributed by atoms with Crippen molar-refractivity contribution in [1.29, 1.82) is 0 Å². The van der Waals surface area contributed by atoms with Crippen molar-refractivity contribution in [3.05, 3.63) is 29.3 Å². The van der Waals surface area contributed by atoms with E-state index in [0.717, 1.165) is 12.0 Å². The van der Waals surface area contributed by atoms with Gasteiger partial charge >= 0.3 is 5.97 Å². The molecule has 0 fully saturated rings. The number of esters is 1. The molecule has 0 heterocycles. The molecule has 0 bridgehead atoms. The molecule has 0 N–H and O–H groups in total. The van der Waals surface area contributed by atoms with E-state index >= 15 is 0 Å². The minimum Gasteiger partial charge on any atom is -0.493 e. The van der Waals surface area contributed by atoms with Crippen LogP contribution in [0.5, 0.6) is 5.75 Å². The van der Waals surface area contributed by atoms with Gasteiger partial charge in [-0.3, -0.25) is 0 Å². The lowest BCUT2D eigenvalue weighted by molar-refractivity contribution is 0.0373. The minimum atomic E-state index is -0.322. The Morgan fingerprint density at radius 2 is 1.90 bits per heavy atom. The van der Waals surface area contributed by atoms with E-state index in [0.29, 0.717) is 17.9 Å². The molecule has 1 rings (SSSR count). The quantitative estimate of drug-likeness (QED) is 0.752. The van der Waals surface area contributed by atoms with Crippen LogP contribution < -0.4 is 4.74 Å². The Kier molecular flexibility index (Phi) is 5.61. The summed E-state index contributed by atoms with van der Waals surface area (Å²) in [7, 11) is 0. The molecule has 0 radical (unpaired) electrons. The summed E-state index contributed by atoms with van der Waals surface area (Å²) in [5, 5.41) is 0. The van der Waals surface area contributed by atoms with Crippen molar-refractivity contribution >= 4 is 5.97 Å². The van der Waals surface area contributed by atoms with Crippen LogP contribution in [0.3, 0.4) is 0 Å². The summed E-state index contributed by atoms with van der Waals surface area (Å²) in [6.07, 6.45) is 0.763. The number of hydrogen-bond acceptors (Lipinski definition) is 3. The van der Waals surface area contributed by atoms with E-state index in [1.165, 1.54) is 0 Å². The summed E-state index contributed by atoms with van der Waals surface area (Å²) < 4.78 is 11.0. The zero-order valence-electron chi connectivity index (χ0n) is 13.4. The highest BCUT2D eigenvalue weighted by Gasteiger charge is 2.21. The number of ether oxygens (including phenoxy) is 2. The molecule has 112 valence electrons. The van der Waals surface area contributed by atoms with Crippen LogP contribution in [-0.2, 0) is 10.2 Å². The predicted molar refractivity (Wildman–Crippen MR) is 81.5 cm³/mol. The van der Waals surface area contributed by atoms with Gasteiger partial charge < -0.3 is 9.47 Å². The Labute approximate surface area is 122 Å². The first-order valence-electron chi connectivity index (χ1n) is 7.24. The van der Waals surface area contributed by atoms with E-state index < -0.39 is 0 Å². The SMILES string of the molecule is CCCOc1ccc(C(C)(C)C)cc1C(=O)OC(C)C. The number of carbonyl (C=O) groups excluding carboxylic acids is 1. The highest BCUT2D eigenvalue weighted by atomic mass is 16.5. The fraction of sp³-hybridized carbons (Fsp3) is 0.588. The van der Waals surface area contributed by atoms with Crippen LogP contribution in [0.4, 0.5) is 0 Å². The molecule has 1 aromatic rings. The molecule has 0 atom stereocenters. The van der Waals surface area contributed by atoms with Gasteiger partial charge in [0.15, 0.2) is 0 Å². The molecule has 0 spiro atoms. The second-order valence-corrected chi connectivity index (χ2v) is 6.26. The maximum atomic E-state index is 12.2. The van der Waals surface area contributed by atoms with Crippen molar-refractivity contribution in [2.75, 3.05) is 6.61 Å². The Balaban J connectivity index is 3.15. The van der Waals surface area contributed by atoms with E-state index in [4.69, 9.17) is 9.47 Å². The average Bonchev–Trinajstić information content (AvgIpc) is 2.34. The normalized spacial score (nSPS) is 11.6. The minimum absolute atomic E-state index is 0.0177. The lowest BCUT2D eigenvalue weighted by Gasteiger charge is -2.21. The van der Waals surface area contributed by atoms with Gasteiger partial charge in [0.2, 0.25) is 0 Å². The van der Waals surface area contributed by atoms with Gasteiger partial charge in [-0.15, -0.1) is 0 Å². The maximum absolute atomic E-state index is 12.2. The highest BCUT2D eigenvalue weighted by molar-refractivity contribution is 5.93. The van der Waals surface area contributed by atoms with E-state index in [9.17, 15) is 4.79 Å². The highest BCUT2D eigenvalue weighted by Crippen LogP contribution is 2.29. The second kappa shape index (κ2) is 6.78. The predicted octanol–water partition coefficient (Wildman–Crippen LogP) is 4.34. The van der Waals surface area contributed by atoms with E-state index in [2.05, 4.69) is 20.8 Å². The molecule has 0 aromatic heterocycles. The zero-order valence-corrected chi connectivity index (χ0v) is 13.4.